The Balaban J connectivity index is 1.91. The molecule has 1 aliphatic heterocycles. The zero-order chi connectivity index (χ0) is 18.0. The van der Waals surface area contributed by atoms with E-state index in [1.54, 1.807) is 19.2 Å². The Morgan fingerprint density at radius 3 is 2.48 bits per heavy atom. The summed E-state index contributed by atoms with van der Waals surface area (Å²) >= 11 is 3.41. The summed E-state index contributed by atoms with van der Waals surface area (Å²) in [5, 5.41) is 2.89. The number of nitrogens with one attached hydrogen (secondary N) is 1. The van der Waals surface area contributed by atoms with Gasteiger partial charge in [-0.3, -0.25) is 9.69 Å². The minimum atomic E-state index is -1.03. The first-order valence-corrected chi connectivity index (χ1v) is 8.82. The predicted octanol–water partition coefficient (Wildman–Crippen LogP) is 3.82. The zero-order valence-corrected chi connectivity index (χ0v) is 15.7. The summed E-state index contributed by atoms with van der Waals surface area (Å²) in [7, 11) is 1.59. The fourth-order valence-electron chi connectivity index (χ4n) is 3.10. The second-order valence-electron chi connectivity index (χ2n) is 5.94. The highest BCUT2D eigenvalue weighted by molar-refractivity contribution is 9.10. The molecule has 0 bridgehead atoms. The lowest BCUT2D eigenvalue weighted by Crippen LogP contribution is -2.43. The normalized spacial score (nSPS) is 19.9. The Hall–Kier alpha value is -2.34. The highest BCUT2D eigenvalue weighted by atomic mass is 79.9. The van der Waals surface area contributed by atoms with Crippen molar-refractivity contribution in [3.63, 3.8) is 0 Å². The monoisotopic (exact) mass is 402 g/mol. The third kappa shape index (κ3) is 3.14. The maximum atomic E-state index is 13.1. The zero-order valence-electron chi connectivity index (χ0n) is 14.1. The Morgan fingerprint density at radius 2 is 1.88 bits per heavy atom. The van der Waals surface area contributed by atoms with Gasteiger partial charge in [0.25, 0.3) is 5.91 Å². The smallest absolute Gasteiger partial charge is 0.325 e. The lowest BCUT2D eigenvalue weighted by Gasteiger charge is -2.26. The van der Waals surface area contributed by atoms with E-state index in [2.05, 4.69) is 21.2 Å². The van der Waals surface area contributed by atoms with Crippen molar-refractivity contribution in [1.82, 2.24) is 10.2 Å². The summed E-state index contributed by atoms with van der Waals surface area (Å²) in [5.41, 5.74) is 0.612. The van der Waals surface area contributed by atoms with E-state index in [1.165, 1.54) is 4.90 Å². The van der Waals surface area contributed by atoms with E-state index in [4.69, 9.17) is 4.74 Å². The number of methoxy groups -OCH3 is 1. The van der Waals surface area contributed by atoms with Gasteiger partial charge in [0, 0.05) is 4.47 Å². The molecule has 2 aromatic rings. The maximum absolute atomic E-state index is 13.1. The van der Waals surface area contributed by atoms with Crippen molar-refractivity contribution in [3.05, 3.63) is 64.1 Å². The lowest BCUT2D eigenvalue weighted by molar-refractivity contribution is -0.132. The van der Waals surface area contributed by atoms with Gasteiger partial charge in [-0.05, 0) is 41.8 Å². The van der Waals surface area contributed by atoms with Gasteiger partial charge in [0.05, 0.1) is 13.7 Å². The van der Waals surface area contributed by atoms with Crippen LogP contribution >= 0.6 is 15.9 Å². The molecule has 1 N–H and O–H groups in total. The molecule has 0 aliphatic carbocycles. The van der Waals surface area contributed by atoms with Crippen molar-refractivity contribution in [2.45, 2.75) is 25.4 Å². The molecule has 0 unspecified atom stereocenters. The molecule has 1 fully saturated rings. The van der Waals surface area contributed by atoms with Gasteiger partial charge in [-0.25, -0.2) is 4.79 Å². The summed E-state index contributed by atoms with van der Waals surface area (Å²) < 4.78 is 6.08. The van der Waals surface area contributed by atoms with E-state index in [0.29, 0.717) is 12.2 Å². The van der Waals surface area contributed by atoms with Gasteiger partial charge in [-0.1, -0.05) is 47.1 Å². The Morgan fingerprint density at radius 1 is 1.16 bits per heavy atom. The molecule has 3 rings (SSSR count). The number of carbonyl (C=O) groups excluding carboxylic acids is 2. The number of urea groups is 1. The van der Waals surface area contributed by atoms with Crippen LogP contribution in [0.3, 0.4) is 0 Å². The minimum absolute atomic E-state index is 0.231. The number of carbonyl (C=O) groups is 2. The van der Waals surface area contributed by atoms with Gasteiger partial charge >= 0.3 is 6.03 Å². The van der Waals surface area contributed by atoms with Crippen molar-refractivity contribution in [2.24, 2.45) is 0 Å². The Kier molecular flexibility index (Phi) is 4.81. The van der Waals surface area contributed by atoms with Crippen LogP contribution in [0.2, 0.25) is 0 Å². The fourth-order valence-corrected chi connectivity index (χ4v) is 3.55. The second-order valence-corrected chi connectivity index (χ2v) is 6.85. The SMILES string of the molecule is CC[C@]1(c2ccc(OC)cc2)NC(=O)N(Cc2cccc(Br)c2)C1=O. The van der Waals surface area contributed by atoms with E-state index in [-0.39, 0.29) is 18.5 Å². The van der Waals surface area contributed by atoms with Crippen LogP contribution in [-0.2, 0) is 16.9 Å². The molecule has 0 saturated carbocycles. The number of rotatable bonds is 5. The number of ether oxygens (including phenoxy) is 1. The third-order valence-corrected chi connectivity index (χ3v) is 5.01. The summed E-state index contributed by atoms with van der Waals surface area (Å²) in [4.78, 5) is 26.9. The molecule has 5 nitrogen and oxygen atoms in total. The molecule has 0 spiro atoms. The molecule has 6 heteroatoms. The van der Waals surface area contributed by atoms with Crippen molar-refractivity contribution < 1.29 is 14.3 Å². The quantitative estimate of drug-likeness (QED) is 0.773. The average molecular weight is 403 g/mol. The van der Waals surface area contributed by atoms with Crippen molar-refractivity contribution in [1.29, 1.82) is 0 Å². The number of amides is 3. The summed E-state index contributed by atoms with van der Waals surface area (Å²) in [6, 6.07) is 14.4. The Bertz CT molecular complexity index is 807. The molecule has 1 aliphatic rings. The molecule has 0 radical (unpaired) electrons. The van der Waals surface area contributed by atoms with Crippen LogP contribution in [-0.4, -0.2) is 23.9 Å². The van der Waals surface area contributed by atoms with Crippen LogP contribution in [0.15, 0.2) is 53.0 Å². The van der Waals surface area contributed by atoms with Gasteiger partial charge < -0.3 is 10.1 Å². The van der Waals surface area contributed by atoms with E-state index in [9.17, 15) is 9.59 Å². The van der Waals surface area contributed by atoms with E-state index in [1.807, 2.05) is 43.3 Å². The molecular weight excluding hydrogens is 384 g/mol. The van der Waals surface area contributed by atoms with Crippen molar-refractivity contribution in [3.8, 4) is 5.75 Å². The molecular formula is C19H19BrN2O3. The van der Waals surface area contributed by atoms with Crippen molar-refractivity contribution >= 4 is 27.9 Å². The van der Waals surface area contributed by atoms with E-state index < -0.39 is 5.54 Å². The number of hydrogen-bond acceptors (Lipinski definition) is 3. The van der Waals surface area contributed by atoms with Gasteiger partial charge in [0.15, 0.2) is 0 Å². The molecule has 1 atom stereocenters. The number of imide groups is 1. The van der Waals surface area contributed by atoms with Crippen LogP contribution in [0.5, 0.6) is 5.75 Å². The largest absolute Gasteiger partial charge is 0.497 e. The van der Waals surface area contributed by atoms with Gasteiger partial charge in [-0.15, -0.1) is 0 Å². The number of benzene rings is 2. The highest BCUT2D eigenvalue weighted by Gasteiger charge is 2.51. The molecule has 0 aromatic heterocycles. The average Bonchev–Trinajstić information content (AvgIpc) is 2.87. The van der Waals surface area contributed by atoms with E-state index in [0.717, 1.165) is 15.6 Å². The first kappa shape index (κ1) is 17.5. The summed E-state index contributed by atoms with van der Waals surface area (Å²) in [6.45, 7) is 2.13. The van der Waals surface area contributed by atoms with Crippen LogP contribution in [0.25, 0.3) is 0 Å². The lowest BCUT2D eigenvalue weighted by atomic mass is 9.87. The topological polar surface area (TPSA) is 58.6 Å². The summed E-state index contributed by atoms with van der Waals surface area (Å²) in [6.07, 6.45) is 0.471. The molecule has 3 amide bonds. The molecule has 1 saturated heterocycles. The highest BCUT2D eigenvalue weighted by Crippen LogP contribution is 2.34. The van der Waals surface area contributed by atoms with Crippen LogP contribution in [0.1, 0.15) is 24.5 Å². The maximum Gasteiger partial charge on any atom is 0.325 e. The first-order chi connectivity index (χ1) is 12.0. The third-order valence-electron chi connectivity index (χ3n) is 4.52. The van der Waals surface area contributed by atoms with Crippen molar-refractivity contribution in [2.75, 3.05) is 7.11 Å². The fraction of sp³-hybridized carbons (Fsp3) is 0.263. The minimum Gasteiger partial charge on any atom is -0.497 e. The number of halogens is 1. The number of nitrogens with zero attached hydrogens (tertiary/aromatic N) is 1. The number of hydrogen-bond donors (Lipinski definition) is 1. The van der Waals surface area contributed by atoms with Gasteiger partial charge in [0.2, 0.25) is 0 Å². The predicted molar refractivity (Wildman–Crippen MR) is 98.2 cm³/mol. The van der Waals surface area contributed by atoms with Gasteiger partial charge in [0.1, 0.15) is 11.3 Å². The Labute approximate surface area is 155 Å². The first-order valence-electron chi connectivity index (χ1n) is 8.03. The van der Waals surface area contributed by atoms with E-state index >= 15 is 0 Å². The van der Waals surface area contributed by atoms with Crippen LogP contribution in [0.4, 0.5) is 4.79 Å². The second kappa shape index (κ2) is 6.88. The van der Waals surface area contributed by atoms with Gasteiger partial charge in [-0.2, -0.15) is 0 Å². The molecule has 25 heavy (non-hydrogen) atoms. The molecule has 130 valence electrons. The standard InChI is InChI=1S/C19H19BrN2O3/c1-3-19(14-7-9-16(25-2)10-8-14)17(23)22(18(24)21-19)12-13-5-4-6-15(20)11-13/h4-11H,3,12H2,1-2H3,(H,21,24)/t19-/m1/s1. The molecule has 1 heterocycles. The molecule has 2 aromatic carbocycles. The summed E-state index contributed by atoms with van der Waals surface area (Å²) in [5.74, 6) is 0.475. The van der Waals surface area contributed by atoms with Crippen LogP contribution < -0.4 is 10.1 Å². The van der Waals surface area contributed by atoms with Crippen LogP contribution in [0, 0.1) is 0 Å².